The van der Waals surface area contributed by atoms with Crippen LogP contribution in [0.1, 0.15) is 17.9 Å². The first-order chi connectivity index (χ1) is 11.3. The lowest BCUT2D eigenvalue weighted by Gasteiger charge is -2.08. The third-order valence-electron chi connectivity index (χ3n) is 3.89. The Morgan fingerprint density at radius 2 is 1.71 bits per heavy atom. The van der Waals surface area contributed by atoms with Crippen LogP contribution in [-0.2, 0) is 14.8 Å². The van der Waals surface area contributed by atoms with Gasteiger partial charge in [0.05, 0.1) is 6.26 Å². The minimum absolute atomic E-state index is 0.0521. The Morgan fingerprint density at radius 3 is 2.33 bits per heavy atom. The topological polar surface area (TPSA) is 75.3 Å². The van der Waals surface area contributed by atoms with Crippen LogP contribution >= 0.6 is 11.6 Å². The molecule has 0 heterocycles. The Morgan fingerprint density at radius 1 is 1.08 bits per heavy atom. The minimum atomic E-state index is -3.31. The highest BCUT2D eigenvalue weighted by Crippen LogP contribution is 2.49. The zero-order valence-electron chi connectivity index (χ0n) is 13.0. The molecule has 2 atom stereocenters. The summed E-state index contributed by atoms with van der Waals surface area (Å²) in [7, 11) is -3.31. The van der Waals surface area contributed by atoms with Crippen LogP contribution in [0.25, 0.3) is 0 Å². The maximum absolute atomic E-state index is 12.3. The molecule has 1 saturated carbocycles. The van der Waals surface area contributed by atoms with Crippen molar-refractivity contribution in [1.82, 2.24) is 0 Å². The van der Waals surface area contributed by atoms with Crippen LogP contribution in [0.4, 0.5) is 11.4 Å². The van der Waals surface area contributed by atoms with Gasteiger partial charge in [-0.3, -0.25) is 9.52 Å². The first-order valence-electron chi connectivity index (χ1n) is 7.46. The molecule has 0 radical (unpaired) electrons. The van der Waals surface area contributed by atoms with Gasteiger partial charge in [0.25, 0.3) is 0 Å². The number of anilines is 2. The molecular weight excluding hydrogens is 348 g/mol. The number of carbonyl (C=O) groups excluding carboxylic acids is 1. The molecule has 0 unspecified atom stereocenters. The molecule has 0 bridgehead atoms. The van der Waals surface area contributed by atoms with Gasteiger partial charge >= 0.3 is 0 Å². The van der Waals surface area contributed by atoms with Gasteiger partial charge in [-0.15, -0.1) is 0 Å². The van der Waals surface area contributed by atoms with Gasteiger partial charge in [-0.05, 0) is 48.2 Å². The molecule has 2 aromatic carbocycles. The van der Waals surface area contributed by atoms with Crippen molar-refractivity contribution in [2.24, 2.45) is 5.92 Å². The highest BCUT2D eigenvalue weighted by molar-refractivity contribution is 7.92. The summed E-state index contributed by atoms with van der Waals surface area (Å²) in [6, 6.07) is 14.1. The highest BCUT2D eigenvalue weighted by atomic mass is 35.5. The number of carbonyl (C=O) groups is 1. The van der Waals surface area contributed by atoms with E-state index in [1.807, 2.05) is 24.3 Å². The second-order valence-electron chi connectivity index (χ2n) is 5.91. The number of halogens is 1. The van der Waals surface area contributed by atoms with Crippen molar-refractivity contribution in [1.29, 1.82) is 0 Å². The Balaban J connectivity index is 1.61. The molecule has 0 aromatic heterocycles. The van der Waals surface area contributed by atoms with Gasteiger partial charge in [0, 0.05) is 22.3 Å². The van der Waals surface area contributed by atoms with Crippen molar-refractivity contribution in [3.05, 3.63) is 59.1 Å². The number of hydrogen-bond donors (Lipinski definition) is 2. The zero-order chi connectivity index (χ0) is 17.3. The Kier molecular flexibility index (Phi) is 4.51. The fourth-order valence-electron chi connectivity index (χ4n) is 2.67. The predicted octanol–water partition coefficient (Wildman–Crippen LogP) is 3.45. The average Bonchev–Trinajstić information content (AvgIpc) is 3.29. The molecule has 0 spiro atoms. The van der Waals surface area contributed by atoms with Gasteiger partial charge in [0.2, 0.25) is 15.9 Å². The molecule has 2 aromatic rings. The third-order valence-corrected chi connectivity index (χ3v) is 4.84. The van der Waals surface area contributed by atoms with E-state index in [9.17, 15) is 13.2 Å². The van der Waals surface area contributed by atoms with E-state index in [-0.39, 0.29) is 17.7 Å². The van der Waals surface area contributed by atoms with Crippen molar-refractivity contribution in [2.75, 3.05) is 16.3 Å². The molecule has 1 aliphatic carbocycles. The summed E-state index contributed by atoms with van der Waals surface area (Å²) in [5.41, 5.74) is 2.09. The Labute approximate surface area is 146 Å². The van der Waals surface area contributed by atoms with E-state index >= 15 is 0 Å². The van der Waals surface area contributed by atoms with Crippen molar-refractivity contribution in [2.45, 2.75) is 12.3 Å². The molecule has 0 saturated heterocycles. The van der Waals surface area contributed by atoms with Crippen LogP contribution in [0.2, 0.25) is 5.02 Å². The summed E-state index contributed by atoms with van der Waals surface area (Å²) < 4.78 is 24.7. The molecule has 5 nitrogen and oxygen atoms in total. The number of rotatable bonds is 5. The normalized spacial score (nSPS) is 19.6. The summed E-state index contributed by atoms with van der Waals surface area (Å²) in [5, 5.41) is 3.54. The van der Waals surface area contributed by atoms with E-state index in [1.165, 1.54) is 0 Å². The quantitative estimate of drug-likeness (QED) is 0.853. The number of nitrogens with one attached hydrogen (secondary N) is 2. The standard InChI is InChI=1S/C17H17ClN2O3S/c1-24(22,23)20-12-8-6-11(7-9-12)19-17(21)15-10-14(15)13-4-2-3-5-16(13)18/h2-9,14-15,20H,10H2,1H3,(H,19,21)/t14-,15-/m0/s1. The minimum Gasteiger partial charge on any atom is -0.326 e. The monoisotopic (exact) mass is 364 g/mol. The number of amides is 1. The third kappa shape index (κ3) is 4.07. The van der Waals surface area contributed by atoms with Gasteiger partial charge < -0.3 is 5.32 Å². The van der Waals surface area contributed by atoms with Crippen LogP contribution < -0.4 is 10.0 Å². The number of hydrogen-bond acceptors (Lipinski definition) is 3. The molecule has 7 heteroatoms. The lowest BCUT2D eigenvalue weighted by atomic mass is 10.1. The molecule has 0 aliphatic heterocycles. The van der Waals surface area contributed by atoms with Crippen molar-refractivity contribution in [3.8, 4) is 0 Å². The summed E-state index contributed by atoms with van der Waals surface area (Å²) in [6.07, 6.45) is 1.87. The first kappa shape index (κ1) is 16.8. The Hall–Kier alpha value is -2.05. The molecule has 1 amide bonds. The predicted molar refractivity (Wildman–Crippen MR) is 95.8 cm³/mol. The van der Waals surface area contributed by atoms with Gasteiger partial charge in [-0.2, -0.15) is 0 Å². The summed E-state index contributed by atoms with van der Waals surface area (Å²) in [6.45, 7) is 0. The summed E-state index contributed by atoms with van der Waals surface area (Å²) in [4.78, 5) is 12.3. The molecule has 24 heavy (non-hydrogen) atoms. The molecular formula is C17H17ClN2O3S. The molecule has 2 N–H and O–H groups in total. The SMILES string of the molecule is CS(=O)(=O)Nc1ccc(NC(=O)[C@H]2C[C@H]2c2ccccc2Cl)cc1. The molecule has 1 fully saturated rings. The maximum Gasteiger partial charge on any atom is 0.229 e. The fourth-order valence-corrected chi connectivity index (χ4v) is 3.52. The molecule has 3 rings (SSSR count). The van der Waals surface area contributed by atoms with Crippen LogP contribution in [0.3, 0.4) is 0 Å². The van der Waals surface area contributed by atoms with Crippen LogP contribution in [0, 0.1) is 5.92 Å². The Bertz CT molecular complexity index is 866. The summed E-state index contributed by atoms with van der Waals surface area (Å²) >= 11 is 6.17. The van der Waals surface area contributed by atoms with Crippen LogP contribution in [0.5, 0.6) is 0 Å². The van der Waals surface area contributed by atoms with E-state index in [0.29, 0.717) is 16.4 Å². The van der Waals surface area contributed by atoms with Gasteiger partial charge in [0.1, 0.15) is 0 Å². The highest BCUT2D eigenvalue weighted by Gasteiger charge is 2.44. The second-order valence-corrected chi connectivity index (χ2v) is 8.07. The smallest absolute Gasteiger partial charge is 0.229 e. The largest absolute Gasteiger partial charge is 0.326 e. The number of sulfonamides is 1. The van der Waals surface area contributed by atoms with E-state index in [1.54, 1.807) is 24.3 Å². The van der Waals surface area contributed by atoms with E-state index < -0.39 is 10.0 Å². The van der Waals surface area contributed by atoms with Crippen LogP contribution in [-0.4, -0.2) is 20.6 Å². The second kappa shape index (κ2) is 6.45. The van der Waals surface area contributed by atoms with Gasteiger partial charge in [-0.1, -0.05) is 29.8 Å². The van der Waals surface area contributed by atoms with Crippen molar-refractivity contribution < 1.29 is 13.2 Å². The number of benzene rings is 2. The molecule has 1 aliphatic rings. The first-order valence-corrected chi connectivity index (χ1v) is 9.73. The maximum atomic E-state index is 12.3. The average molecular weight is 365 g/mol. The molecule has 126 valence electrons. The zero-order valence-corrected chi connectivity index (χ0v) is 14.6. The lowest BCUT2D eigenvalue weighted by molar-refractivity contribution is -0.117. The van der Waals surface area contributed by atoms with Gasteiger partial charge in [-0.25, -0.2) is 8.42 Å². The van der Waals surface area contributed by atoms with E-state index in [0.717, 1.165) is 18.2 Å². The van der Waals surface area contributed by atoms with Crippen molar-refractivity contribution in [3.63, 3.8) is 0 Å². The van der Waals surface area contributed by atoms with E-state index in [4.69, 9.17) is 11.6 Å². The van der Waals surface area contributed by atoms with Gasteiger partial charge in [0.15, 0.2) is 0 Å². The van der Waals surface area contributed by atoms with Crippen LogP contribution in [0.15, 0.2) is 48.5 Å². The lowest BCUT2D eigenvalue weighted by Crippen LogP contribution is -2.15. The summed E-state index contributed by atoms with van der Waals surface area (Å²) in [5.74, 6) is 0.0207. The fraction of sp³-hybridized carbons (Fsp3) is 0.235. The van der Waals surface area contributed by atoms with E-state index in [2.05, 4.69) is 10.0 Å². The van der Waals surface area contributed by atoms with Crippen molar-refractivity contribution >= 4 is 38.9 Å².